The molecule has 0 bridgehead atoms. The molecule has 0 aromatic heterocycles. The number of rotatable bonds is 3. The Labute approximate surface area is 427 Å². The number of nitrogens with zero attached hydrogens (tertiary/aromatic N) is 2. The van der Waals surface area contributed by atoms with Gasteiger partial charge in [0.2, 0.25) is 0 Å². The zero-order valence-electron chi connectivity index (χ0n) is 45.8. The number of fused-ring (bicyclic) bond motifs is 10. The van der Waals surface area contributed by atoms with Crippen LogP contribution in [-0.2, 0) is 32.5 Å². The molecular formula is C68H75BN2. The van der Waals surface area contributed by atoms with Gasteiger partial charge < -0.3 is 9.71 Å². The zero-order chi connectivity index (χ0) is 50.3. The Bertz CT molecular complexity index is 3400. The summed E-state index contributed by atoms with van der Waals surface area (Å²) in [5.74, 6) is 0. The van der Waals surface area contributed by atoms with Gasteiger partial charge in [-0.25, -0.2) is 0 Å². The highest BCUT2D eigenvalue weighted by molar-refractivity contribution is 6.93. The van der Waals surface area contributed by atoms with E-state index in [1.807, 2.05) is 0 Å². The van der Waals surface area contributed by atoms with Gasteiger partial charge >= 0.3 is 6.85 Å². The normalized spacial score (nSPS) is 19.0. The van der Waals surface area contributed by atoms with Crippen molar-refractivity contribution in [2.24, 2.45) is 0 Å². The first kappa shape index (κ1) is 46.3. The maximum absolute atomic E-state index is 2.80. The van der Waals surface area contributed by atoms with E-state index in [4.69, 9.17) is 0 Å². The van der Waals surface area contributed by atoms with E-state index >= 15 is 0 Å². The Hall–Kier alpha value is -5.80. The van der Waals surface area contributed by atoms with Crippen LogP contribution in [0.15, 0.2) is 115 Å². The lowest BCUT2D eigenvalue weighted by atomic mass is 9.42. The fourth-order valence-corrected chi connectivity index (χ4v) is 14.4. The average molecular weight is 931 g/mol. The van der Waals surface area contributed by atoms with E-state index in [-0.39, 0.29) is 39.3 Å². The first-order valence-electron chi connectivity index (χ1n) is 26.9. The topological polar surface area (TPSA) is 6.48 Å². The van der Waals surface area contributed by atoms with Crippen LogP contribution < -0.4 is 20.6 Å². The van der Waals surface area contributed by atoms with Gasteiger partial charge in [-0.3, -0.25) is 0 Å². The van der Waals surface area contributed by atoms with Crippen molar-refractivity contribution >= 4 is 46.2 Å². The fraction of sp³-hybridized carbons (Fsp3) is 0.382. The van der Waals surface area contributed by atoms with Gasteiger partial charge in [0.25, 0.3) is 0 Å². The molecule has 7 aromatic carbocycles. The van der Waals surface area contributed by atoms with Crippen LogP contribution >= 0.6 is 0 Å². The average Bonchev–Trinajstić information content (AvgIpc) is 3.54. The number of hydrogen-bond donors (Lipinski definition) is 0. The second-order valence-electron chi connectivity index (χ2n) is 26.9. The summed E-state index contributed by atoms with van der Waals surface area (Å²) in [4.78, 5) is 5.59. The fourth-order valence-electron chi connectivity index (χ4n) is 14.4. The maximum atomic E-state index is 2.80. The number of benzene rings is 7. The summed E-state index contributed by atoms with van der Waals surface area (Å²) < 4.78 is 0. The van der Waals surface area contributed by atoms with Crippen molar-refractivity contribution in [1.29, 1.82) is 0 Å². The summed E-state index contributed by atoms with van der Waals surface area (Å²) in [6.45, 7) is 38.8. The number of hydrogen-bond acceptors (Lipinski definition) is 2. The van der Waals surface area contributed by atoms with E-state index in [0.717, 1.165) is 0 Å². The SMILES string of the molecule is Cc1cc2c(cc1N1c3cc(-c4c(C)cccc4C)cc4c3B(c3ccc5c(c31)C(C)(C)c1ccccc1-5)N(c1ccc(C(C)(C)C)cc1)c1cc3c(cc1-4)C(C)(C)CCC3(C)C)C(C)(C)CCC2(C)C. The molecule has 0 fully saturated rings. The van der Waals surface area contributed by atoms with Crippen LogP contribution in [0.1, 0.15) is 171 Å². The molecule has 0 N–H and O–H groups in total. The van der Waals surface area contributed by atoms with Crippen LogP contribution in [0.5, 0.6) is 0 Å². The quantitative estimate of drug-likeness (QED) is 0.163. The van der Waals surface area contributed by atoms with E-state index in [2.05, 4.69) is 236 Å². The smallest absolute Gasteiger partial charge is 0.333 e. The molecule has 2 nitrogen and oxygen atoms in total. The van der Waals surface area contributed by atoms with Gasteiger partial charge in [-0.15, -0.1) is 0 Å². The summed E-state index contributed by atoms with van der Waals surface area (Å²) in [6.07, 6.45) is 4.69. The zero-order valence-corrected chi connectivity index (χ0v) is 45.8. The molecule has 0 saturated carbocycles. The molecule has 71 heavy (non-hydrogen) atoms. The molecule has 12 rings (SSSR count). The van der Waals surface area contributed by atoms with Gasteiger partial charge in [0.15, 0.2) is 0 Å². The molecule has 2 aliphatic heterocycles. The van der Waals surface area contributed by atoms with Gasteiger partial charge in [-0.1, -0.05) is 163 Å². The largest absolute Gasteiger partial charge is 0.376 e. The molecule has 2 heterocycles. The van der Waals surface area contributed by atoms with Gasteiger partial charge in [0, 0.05) is 39.4 Å². The predicted molar refractivity (Wildman–Crippen MR) is 307 cm³/mol. The highest BCUT2D eigenvalue weighted by atomic mass is 15.2. The van der Waals surface area contributed by atoms with E-state index in [0.29, 0.717) is 0 Å². The summed E-state index contributed by atoms with van der Waals surface area (Å²) >= 11 is 0. The number of anilines is 5. The molecule has 5 aliphatic rings. The lowest BCUT2D eigenvalue weighted by molar-refractivity contribution is 0.332. The minimum atomic E-state index is -0.260. The highest BCUT2D eigenvalue weighted by Gasteiger charge is 2.51. The van der Waals surface area contributed by atoms with Crippen LogP contribution in [0.25, 0.3) is 33.4 Å². The Morgan fingerprint density at radius 1 is 0.465 bits per heavy atom. The van der Waals surface area contributed by atoms with Crippen molar-refractivity contribution in [1.82, 2.24) is 0 Å². The molecule has 0 unspecified atom stereocenters. The van der Waals surface area contributed by atoms with E-state index in [9.17, 15) is 0 Å². The van der Waals surface area contributed by atoms with Crippen LogP contribution in [0, 0.1) is 20.8 Å². The molecule has 3 heteroatoms. The Kier molecular flexibility index (Phi) is 9.71. The lowest BCUT2D eigenvalue weighted by Gasteiger charge is -2.49. The first-order valence-corrected chi connectivity index (χ1v) is 26.9. The molecule has 0 amide bonds. The summed E-state index contributed by atoms with van der Waals surface area (Å²) in [7, 11) is 0. The standard InChI is InChI=1S/C68H75BN2/c1-40-20-19-21-41(2)59(40)43-35-49-48-37-52-54(67(13,14)33-31-65(52,9)10)39-57(48)71(45-26-24-44(25-27-45)63(4,5)6)69-55-29-28-47-46-22-17-18-23-50(46)68(15,16)60(47)62(55)70(58(36-43)61(49)69)56-38-53-51(34-42(56)3)64(7,8)30-32-66(53,11)12/h17-29,34-39H,30-33H2,1-16H3. The second-order valence-corrected chi connectivity index (χ2v) is 26.9. The Balaban J connectivity index is 1.28. The molecule has 0 atom stereocenters. The Morgan fingerprint density at radius 3 is 1.63 bits per heavy atom. The van der Waals surface area contributed by atoms with Crippen LogP contribution in [0.2, 0.25) is 0 Å². The van der Waals surface area contributed by atoms with Crippen LogP contribution in [-0.4, -0.2) is 6.85 Å². The van der Waals surface area contributed by atoms with Crippen LogP contribution in [0.3, 0.4) is 0 Å². The summed E-state index contributed by atoms with van der Waals surface area (Å²) in [5, 5.41) is 0. The summed E-state index contributed by atoms with van der Waals surface area (Å²) in [6, 6.07) is 46.6. The molecule has 0 saturated heterocycles. The van der Waals surface area contributed by atoms with E-state index < -0.39 is 0 Å². The second kappa shape index (κ2) is 14.9. The monoisotopic (exact) mass is 931 g/mol. The van der Waals surface area contributed by atoms with Gasteiger partial charge in [-0.05, 0) is 210 Å². The number of aryl methyl sites for hydroxylation is 3. The molecule has 360 valence electrons. The van der Waals surface area contributed by atoms with Gasteiger partial charge in [0.1, 0.15) is 0 Å². The first-order chi connectivity index (χ1) is 33.3. The van der Waals surface area contributed by atoms with Gasteiger partial charge in [0.05, 0.1) is 0 Å². The van der Waals surface area contributed by atoms with E-state index in [1.54, 1.807) is 0 Å². The molecular weight excluding hydrogens is 856 g/mol. The molecule has 7 aromatic rings. The van der Waals surface area contributed by atoms with E-state index in [1.165, 1.54) is 154 Å². The maximum Gasteiger partial charge on any atom is 0.333 e. The van der Waals surface area contributed by atoms with Crippen molar-refractivity contribution in [3.05, 3.63) is 171 Å². The van der Waals surface area contributed by atoms with Gasteiger partial charge in [-0.2, -0.15) is 0 Å². The van der Waals surface area contributed by atoms with Crippen molar-refractivity contribution in [3.63, 3.8) is 0 Å². The third-order valence-corrected chi connectivity index (χ3v) is 18.9. The molecule has 3 aliphatic carbocycles. The van der Waals surface area contributed by atoms with Crippen molar-refractivity contribution in [2.75, 3.05) is 9.71 Å². The predicted octanol–water partition coefficient (Wildman–Crippen LogP) is 17.3. The van der Waals surface area contributed by atoms with Crippen molar-refractivity contribution in [2.45, 2.75) is 169 Å². The Morgan fingerprint density at radius 2 is 1.03 bits per heavy atom. The minimum Gasteiger partial charge on any atom is -0.376 e. The lowest BCUT2D eigenvalue weighted by Crippen LogP contribution is -2.62. The van der Waals surface area contributed by atoms with Crippen LogP contribution in [0.4, 0.5) is 28.4 Å². The third kappa shape index (κ3) is 6.59. The molecule has 0 spiro atoms. The van der Waals surface area contributed by atoms with Crippen molar-refractivity contribution in [3.8, 4) is 33.4 Å². The molecule has 0 radical (unpaired) electrons. The summed E-state index contributed by atoms with van der Waals surface area (Å²) in [5.41, 5.74) is 31.5. The minimum absolute atomic E-state index is 0.0342. The van der Waals surface area contributed by atoms with Crippen molar-refractivity contribution < 1.29 is 0 Å². The highest BCUT2D eigenvalue weighted by Crippen LogP contribution is 2.59. The third-order valence-electron chi connectivity index (χ3n) is 18.9.